The number of esters is 1. The first-order valence-electron chi connectivity index (χ1n) is 16.5. The smallest absolute Gasteiger partial charge is 0.329 e. The summed E-state index contributed by atoms with van der Waals surface area (Å²) in [7, 11) is -3.00. The van der Waals surface area contributed by atoms with Gasteiger partial charge in [-0.3, -0.25) is 19.5 Å². The van der Waals surface area contributed by atoms with Gasteiger partial charge in [0.05, 0.1) is 45.3 Å². The van der Waals surface area contributed by atoms with Crippen LogP contribution in [0.25, 0.3) is 0 Å². The summed E-state index contributed by atoms with van der Waals surface area (Å²) in [6.07, 6.45) is 2.25. The van der Waals surface area contributed by atoms with Crippen LogP contribution in [0.1, 0.15) is 40.7 Å². The highest BCUT2D eigenvalue weighted by molar-refractivity contribution is 7.89. The van der Waals surface area contributed by atoms with Gasteiger partial charge in [0.1, 0.15) is 18.7 Å². The van der Waals surface area contributed by atoms with Crippen LogP contribution < -0.4 is 10.6 Å². The Bertz CT molecular complexity index is 1960. The van der Waals surface area contributed by atoms with E-state index >= 15 is 0 Å². The second-order valence-corrected chi connectivity index (χ2v) is 15.3. The summed E-state index contributed by atoms with van der Waals surface area (Å²) in [5.41, 5.74) is 1.01. The molecular weight excluding hydrogens is 757 g/mol. The molecular formula is C35H36Cl2F2N6O7S. The van der Waals surface area contributed by atoms with Gasteiger partial charge in [0.15, 0.2) is 0 Å². The van der Waals surface area contributed by atoms with E-state index in [0.717, 1.165) is 4.31 Å². The summed E-state index contributed by atoms with van der Waals surface area (Å²) in [5, 5.41) is 14.8. The lowest BCUT2D eigenvalue weighted by Gasteiger charge is -2.36. The number of rotatable bonds is 13. The van der Waals surface area contributed by atoms with Crippen molar-refractivity contribution in [2.45, 2.75) is 54.6 Å². The molecule has 0 bridgehead atoms. The number of aromatic nitrogens is 1. The highest BCUT2D eigenvalue weighted by Gasteiger charge is 2.48. The van der Waals surface area contributed by atoms with Crippen molar-refractivity contribution in [3.8, 4) is 6.07 Å². The molecule has 53 heavy (non-hydrogen) atoms. The minimum Gasteiger partial charge on any atom is -0.462 e. The van der Waals surface area contributed by atoms with E-state index in [1.807, 2.05) is 6.07 Å². The van der Waals surface area contributed by atoms with Gasteiger partial charge in [-0.05, 0) is 55.3 Å². The molecule has 2 saturated heterocycles. The van der Waals surface area contributed by atoms with Crippen LogP contribution in [0.5, 0.6) is 0 Å². The lowest BCUT2D eigenvalue weighted by atomic mass is 10.0. The maximum Gasteiger partial charge on any atom is 0.329 e. The first-order valence-corrected chi connectivity index (χ1v) is 18.7. The molecule has 282 valence electrons. The number of nitrogens with zero attached hydrogens (tertiary/aromatic N) is 4. The Kier molecular flexibility index (Phi) is 13.0. The molecule has 3 aromatic rings. The maximum atomic E-state index is 14.5. The van der Waals surface area contributed by atoms with Gasteiger partial charge in [-0.25, -0.2) is 22.0 Å². The number of carbonyl (C=O) groups is 3. The number of methoxy groups -OCH3 is 1. The number of ether oxygens (including phenoxy) is 2. The summed E-state index contributed by atoms with van der Waals surface area (Å²) in [5.74, 6) is -5.21. The molecule has 0 saturated carbocycles. The Morgan fingerprint density at radius 3 is 2.49 bits per heavy atom. The van der Waals surface area contributed by atoms with Gasteiger partial charge >= 0.3 is 5.97 Å². The Morgan fingerprint density at radius 1 is 1.11 bits per heavy atom. The minimum absolute atomic E-state index is 0.0333. The third-order valence-electron chi connectivity index (χ3n) is 8.91. The van der Waals surface area contributed by atoms with E-state index in [1.165, 1.54) is 48.7 Å². The second-order valence-electron chi connectivity index (χ2n) is 12.6. The first kappa shape index (κ1) is 40.0. The maximum absolute atomic E-state index is 14.5. The predicted octanol–water partition coefficient (Wildman–Crippen LogP) is 4.29. The number of benzene rings is 2. The lowest BCUT2D eigenvalue weighted by molar-refractivity contribution is -0.149. The van der Waals surface area contributed by atoms with Crippen molar-refractivity contribution in [3.05, 3.63) is 87.7 Å². The molecule has 1 aromatic heterocycles. The molecule has 0 spiro atoms. The highest BCUT2D eigenvalue weighted by atomic mass is 35.5. The number of carbonyl (C=O) groups excluding carboxylic acids is 3. The SMILES string of the molecule is COCCOC(=O)C(Cc1ccc(NC(=O)c2c(Cl)cncc2Cl)cc1)NC(=O)C1CC(N2CCCC(F)(F)C2)CN1S(=O)(=O)c1cccc(C#N)c1. The summed E-state index contributed by atoms with van der Waals surface area (Å²) in [4.78, 5) is 45.3. The number of sulfonamides is 1. The molecule has 0 radical (unpaired) electrons. The van der Waals surface area contributed by atoms with Crippen molar-refractivity contribution in [1.82, 2.24) is 19.5 Å². The fourth-order valence-electron chi connectivity index (χ4n) is 6.29. The number of piperidine rings is 1. The van der Waals surface area contributed by atoms with Gasteiger partial charge in [0.2, 0.25) is 15.9 Å². The molecule has 13 nitrogen and oxygen atoms in total. The van der Waals surface area contributed by atoms with Gasteiger partial charge in [0.25, 0.3) is 11.8 Å². The number of hydrogen-bond acceptors (Lipinski definition) is 10. The van der Waals surface area contributed by atoms with E-state index in [1.54, 1.807) is 24.3 Å². The number of likely N-dealkylation sites (tertiary alicyclic amines) is 1. The molecule has 2 aliphatic rings. The molecule has 3 atom stereocenters. The molecule has 3 heterocycles. The fourth-order valence-corrected chi connectivity index (χ4v) is 8.51. The zero-order valence-electron chi connectivity index (χ0n) is 28.4. The minimum atomic E-state index is -4.42. The number of halogens is 4. The van der Waals surface area contributed by atoms with E-state index in [-0.39, 0.29) is 71.5 Å². The number of nitrogens with one attached hydrogen (secondary N) is 2. The predicted molar refractivity (Wildman–Crippen MR) is 190 cm³/mol. The third-order valence-corrected chi connectivity index (χ3v) is 11.4. The quantitative estimate of drug-likeness (QED) is 0.188. The highest BCUT2D eigenvalue weighted by Crippen LogP contribution is 2.34. The monoisotopic (exact) mass is 792 g/mol. The molecule has 18 heteroatoms. The van der Waals surface area contributed by atoms with E-state index < -0.39 is 58.4 Å². The van der Waals surface area contributed by atoms with Crippen LogP contribution in [0, 0.1) is 11.3 Å². The van der Waals surface area contributed by atoms with Crippen molar-refractivity contribution in [3.63, 3.8) is 0 Å². The molecule has 3 unspecified atom stereocenters. The van der Waals surface area contributed by atoms with Crippen LogP contribution in [0.15, 0.2) is 65.8 Å². The fraction of sp³-hybridized carbons (Fsp3) is 0.400. The normalized spacial score (nSPS) is 19.5. The zero-order valence-corrected chi connectivity index (χ0v) is 30.8. The van der Waals surface area contributed by atoms with Gasteiger partial charge < -0.3 is 20.1 Å². The number of nitriles is 1. The van der Waals surface area contributed by atoms with E-state index in [4.69, 9.17) is 32.7 Å². The van der Waals surface area contributed by atoms with Crippen LogP contribution in [0.4, 0.5) is 14.5 Å². The first-order chi connectivity index (χ1) is 25.2. The van der Waals surface area contributed by atoms with E-state index in [0.29, 0.717) is 17.8 Å². The van der Waals surface area contributed by atoms with Crippen LogP contribution in [0.3, 0.4) is 0 Å². The van der Waals surface area contributed by atoms with Crippen LogP contribution in [-0.2, 0) is 35.5 Å². The Balaban J connectivity index is 1.38. The van der Waals surface area contributed by atoms with Crippen molar-refractivity contribution in [2.75, 3.05) is 45.3 Å². The van der Waals surface area contributed by atoms with Gasteiger partial charge in [0, 0.05) is 50.6 Å². The largest absolute Gasteiger partial charge is 0.462 e. The van der Waals surface area contributed by atoms with Crippen molar-refractivity contribution >= 4 is 56.7 Å². The molecule has 2 aromatic carbocycles. The third kappa shape index (κ3) is 9.85. The Morgan fingerprint density at radius 2 is 1.83 bits per heavy atom. The van der Waals surface area contributed by atoms with Crippen LogP contribution >= 0.6 is 23.2 Å². The van der Waals surface area contributed by atoms with E-state index in [9.17, 15) is 36.8 Å². The second kappa shape index (κ2) is 17.3. The number of alkyl halides is 2. The molecule has 5 rings (SSSR count). The van der Waals surface area contributed by atoms with Crippen LogP contribution in [-0.4, -0.2) is 104 Å². The summed E-state index contributed by atoms with van der Waals surface area (Å²) < 4.78 is 68.2. The number of amides is 2. The molecule has 2 aliphatic heterocycles. The summed E-state index contributed by atoms with van der Waals surface area (Å²) >= 11 is 12.2. The lowest BCUT2D eigenvalue weighted by Crippen LogP contribution is -2.51. The van der Waals surface area contributed by atoms with Crippen molar-refractivity contribution in [1.29, 1.82) is 5.26 Å². The van der Waals surface area contributed by atoms with Crippen LogP contribution in [0.2, 0.25) is 10.0 Å². The Hall–Kier alpha value is -4.24. The molecule has 2 fully saturated rings. The number of pyridine rings is 1. The van der Waals surface area contributed by atoms with E-state index in [2.05, 4.69) is 15.6 Å². The van der Waals surface area contributed by atoms with Gasteiger partial charge in [-0.2, -0.15) is 9.57 Å². The van der Waals surface area contributed by atoms with Crippen molar-refractivity contribution in [2.24, 2.45) is 0 Å². The molecule has 2 N–H and O–H groups in total. The van der Waals surface area contributed by atoms with Gasteiger partial charge in [-0.15, -0.1) is 0 Å². The summed E-state index contributed by atoms with van der Waals surface area (Å²) in [6, 6.07) is 10.1. The number of anilines is 1. The standard InChI is InChI=1S/C35H36Cl2F2N6O7S/c1-51-12-13-52-34(48)29(15-22-6-8-24(9-7-22)42-33(47)31-27(36)18-41-19-28(31)37)43-32(46)30-16-25(44-11-3-10-35(38,39)21-44)20-45(30)53(49,50)26-5-2-4-23(14-26)17-40/h2,4-9,14,18-19,25,29-30H,3,10-13,15-16,20-21H2,1H3,(H,42,47)(H,43,46). The van der Waals surface area contributed by atoms with Crippen molar-refractivity contribution < 1.29 is 41.1 Å². The number of hydrogen-bond donors (Lipinski definition) is 2. The zero-order chi connectivity index (χ0) is 38.3. The van der Waals surface area contributed by atoms with Gasteiger partial charge in [-0.1, -0.05) is 41.4 Å². The Labute approximate surface area is 315 Å². The average Bonchev–Trinajstić information content (AvgIpc) is 3.59. The molecule has 2 amide bonds. The summed E-state index contributed by atoms with van der Waals surface area (Å²) in [6.45, 7) is -0.612. The topological polar surface area (TPSA) is 171 Å². The average molecular weight is 794 g/mol. The molecule has 0 aliphatic carbocycles.